The van der Waals surface area contributed by atoms with Gasteiger partial charge in [-0.3, -0.25) is 4.79 Å². The van der Waals surface area contributed by atoms with Crippen LogP contribution in [-0.4, -0.2) is 58.2 Å². The van der Waals surface area contributed by atoms with Gasteiger partial charge in [-0.1, -0.05) is 53.2 Å². The first-order valence-electron chi connectivity index (χ1n) is 11.1. The first-order valence-corrected chi connectivity index (χ1v) is 12.8. The average molecular weight is 549 g/mol. The molecule has 8 nitrogen and oxygen atoms in total. The molecule has 1 unspecified atom stereocenters. The molecule has 0 saturated carbocycles. The van der Waals surface area contributed by atoms with E-state index < -0.39 is 5.82 Å². The van der Waals surface area contributed by atoms with E-state index in [0.717, 1.165) is 11.8 Å². The fourth-order valence-electron chi connectivity index (χ4n) is 3.72. The minimum atomic E-state index is -0.508. The number of carbonyl (C=O) groups is 2. The number of benzene rings is 2. The summed E-state index contributed by atoms with van der Waals surface area (Å²) >= 11 is 13.3. The van der Waals surface area contributed by atoms with Gasteiger partial charge in [0, 0.05) is 42.5 Å². The van der Waals surface area contributed by atoms with Crippen molar-refractivity contribution in [2.45, 2.75) is 18.1 Å². The zero-order valence-electron chi connectivity index (χ0n) is 19.2. The molecule has 0 spiro atoms. The van der Waals surface area contributed by atoms with Crippen LogP contribution in [-0.2, 0) is 4.79 Å². The number of piperazine rings is 1. The molecule has 1 atom stereocenters. The van der Waals surface area contributed by atoms with Gasteiger partial charge < -0.3 is 20.4 Å². The topological polar surface area (TPSA) is 90.5 Å². The van der Waals surface area contributed by atoms with Crippen LogP contribution in [0.3, 0.4) is 0 Å². The number of carbonyl (C=O) groups excluding carboxylic acids is 2. The van der Waals surface area contributed by atoms with E-state index in [1.165, 1.54) is 12.1 Å². The van der Waals surface area contributed by atoms with Crippen molar-refractivity contribution in [1.82, 2.24) is 14.9 Å². The lowest BCUT2D eigenvalue weighted by Crippen LogP contribution is -2.55. The Kier molecular flexibility index (Phi) is 8.50. The minimum absolute atomic E-state index is 0.0119. The third-order valence-electron chi connectivity index (χ3n) is 5.43. The van der Waals surface area contributed by atoms with E-state index in [9.17, 15) is 14.0 Å². The number of para-hydroxylation sites is 1. The quantitative estimate of drug-likeness (QED) is 0.243. The lowest BCUT2D eigenvalue weighted by molar-refractivity contribution is -0.113. The van der Waals surface area contributed by atoms with Crippen molar-refractivity contribution < 1.29 is 14.0 Å². The lowest BCUT2D eigenvalue weighted by Gasteiger charge is -2.40. The van der Waals surface area contributed by atoms with Crippen LogP contribution in [0.25, 0.3) is 0 Å². The SMILES string of the molecule is CC1CN(c2cc(Cl)nc(SCC(=O)Nc3ccccc3F)n2)CCN1C(=O)Nc1cccc(Cl)c1. The van der Waals surface area contributed by atoms with Gasteiger partial charge in [-0.15, -0.1) is 0 Å². The van der Waals surface area contributed by atoms with Gasteiger partial charge in [-0.25, -0.2) is 19.2 Å². The molecule has 188 valence electrons. The molecule has 0 aliphatic carbocycles. The van der Waals surface area contributed by atoms with Gasteiger partial charge in [-0.05, 0) is 37.3 Å². The molecular weight excluding hydrogens is 526 g/mol. The van der Waals surface area contributed by atoms with Gasteiger partial charge in [-0.2, -0.15) is 0 Å². The maximum Gasteiger partial charge on any atom is 0.322 e. The van der Waals surface area contributed by atoms with Gasteiger partial charge >= 0.3 is 6.03 Å². The molecule has 36 heavy (non-hydrogen) atoms. The second-order valence-electron chi connectivity index (χ2n) is 8.08. The molecular formula is C24H23Cl2FN6O2S. The number of anilines is 3. The van der Waals surface area contributed by atoms with E-state index >= 15 is 0 Å². The minimum Gasteiger partial charge on any atom is -0.353 e. The van der Waals surface area contributed by atoms with Gasteiger partial charge in [0.1, 0.15) is 16.8 Å². The molecule has 1 aromatic heterocycles. The zero-order chi connectivity index (χ0) is 25.7. The number of thioether (sulfide) groups is 1. The molecule has 2 aromatic carbocycles. The summed E-state index contributed by atoms with van der Waals surface area (Å²) in [5.41, 5.74) is 0.743. The van der Waals surface area contributed by atoms with Crippen LogP contribution in [0.2, 0.25) is 10.2 Å². The number of amides is 3. The number of urea groups is 1. The van der Waals surface area contributed by atoms with E-state index in [-0.39, 0.29) is 34.6 Å². The van der Waals surface area contributed by atoms with E-state index in [2.05, 4.69) is 20.6 Å². The summed E-state index contributed by atoms with van der Waals surface area (Å²) in [4.78, 5) is 37.5. The summed E-state index contributed by atoms with van der Waals surface area (Å²) in [5, 5.41) is 6.52. The first kappa shape index (κ1) is 26.0. The van der Waals surface area contributed by atoms with Crippen LogP contribution in [0.1, 0.15) is 6.92 Å². The lowest BCUT2D eigenvalue weighted by atomic mass is 10.2. The molecule has 1 fully saturated rings. The van der Waals surface area contributed by atoms with Crippen molar-refractivity contribution >= 4 is 64.1 Å². The van der Waals surface area contributed by atoms with Gasteiger partial charge in [0.25, 0.3) is 0 Å². The van der Waals surface area contributed by atoms with Crippen LogP contribution in [0, 0.1) is 5.82 Å². The summed E-state index contributed by atoms with van der Waals surface area (Å²) in [6.07, 6.45) is 0. The second kappa shape index (κ2) is 11.8. The van der Waals surface area contributed by atoms with E-state index in [1.807, 2.05) is 11.8 Å². The highest BCUT2D eigenvalue weighted by molar-refractivity contribution is 7.99. The van der Waals surface area contributed by atoms with Gasteiger partial charge in [0.15, 0.2) is 5.16 Å². The van der Waals surface area contributed by atoms with Crippen LogP contribution >= 0.6 is 35.0 Å². The number of hydrogen-bond donors (Lipinski definition) is 2. The highest BCUT2D eigenvalue weighted by Gasteiger charge is 2.28. The summed E-state index contributed by atoms with van der Waals surface area (Å²) < 4.78 is 13.8. The Labute approximate surface area is 222 Å². The zero-order valence-corrected chi connectivity index (χ0v) is 21.6. The molecule has 1 saturated heterocycles. The highest BCUT2D eigenvalue weighted by Crippen LogP contribution is 2.25. The third-order valence-corrected chi connectivity index (χ3v) is 6.71. The Morgan fingerprint density at radius 1 is 1.08 bits per heavy atom. The Morgan fingerprint density at radius 2 is 1.89 bits per heavy atom. The summed E-state index contributed by atoms with van der Waals surface area (Å²) in [6.45, 7) is 3.50. The van der Waals surface area contributed by atoms with E-state index in [4.69, 9.17) is 23.2 Å². The molecule has 1 aliphatic rings. The van der Waals surface area contributed by atoms with Crippen LogP contribution in [0.15, 0.2) is 59.8 Å². The third kappa shape index (κ3) is 6.77. The second-order valence-corrected chi connectivity index (χ2v) is 9.84. The molecule has 1 aliphatic heterocycles. The van der Waals surface area contributed by atoms with E-state index in [1.54, 1.807) is 47.4 Å². The van der Waals surface area contributed by atoms with Gasteiger partial charge in [0.05, 0.1) is 11.4 Å². The highest BCUT2D eigenvalue weighted by atomic mass is 35.5. The fourth-order valence-corrected chi connectivity index (χ4v) is 4.79. The Hall–Kier alpha value is -3.08. The smallest absolute Gasteiger partial charge is 0.322 e. The maximum atomic E-state index is 13.8. The van der Waals surface area contributed by atoms with Gasteiger partial charge in [0.2, 0.25) is 5.91 Å². The monoisotopic (exact) mass is 548 g/mol. The standard InChI is InChI=1S/C24H23Cl2FN6O2S/c1-15-13-32(9-10-33(15)24(35)28-17-6-4-5-16(25)11-17)21-12-20(26)30-23(31-21)36-14-22(34)29-19-8-3-2-7-18(19)27/h2-8,11-12,15H,9-10,13-14H2,1H3,(H,28,35)(H,29,34). The van der Waals surface area contributed by atoms with Crippen molar-refractivity contribution in [2.24, 2.45) is 0 Å². The summed E-state index contributed by atoms with van der Waals surface area (Å²) in [6, 6.07) is 14.3. The number of aromatic nitrogens is 2. The Balaban J connectivity index is 1.35. The molecule has 3 amide bonds. The maximum absolute atomic E-state index is 13.8. The molecule has 3 aromatic rings. The summed E-state index contributed by atoms with van der Waals surface area (Å²) in [7, 11) is 0. The fraction of sp³-hybridized carbons (Fsp3) is 0.250. The molecule has 0 bridgehead atoms. The predicted octanol–water partition coefficient (Wildman–Crippen LogP) is 5.40. The van der Waals surface area contributed by atoms with E-state index in [0.29, 0.717) is 41.3 Å². The predicted molar refractivity (Wildman–Crippen MR) is 142 cm³/mol. The van der Waals surface area contributed by atoms with Crippen molar-refractivity contribution in [3.63, 3.8) is 0 Å². The normalized spacial score (nSPS) is 15.5. The summed E-state index contributed by atoms with van der Waals surface area (Å²) in [5.74, 6) is -0.300. The first-order chi connectivity index (χ1) is 17.3. The number of hydrogen-bond acceptors (Lipinski definition) is 6. The molecule has 0 radical (unpaired) electrons. The molecule has 2 N–H and O–H groups in total. The largest absolute Gasteiger partial charge is 0.353 e. The van der Waals surface area contributed by atoms with Crippen LogP contribution in [0.5, 0.6) is 0 Å². The molecule has 4 rings (SSSR count). The number of nitrogens with zero attached hydrogens (tertiary/aromatic N) is 4. The average Bonchev–Trinajstić information content (AvgIpc) is 2.84. The molecule has 12 heteroatoms. The van der Waals surface area contributed by atoms with Crippen molar-refractivity contribution in [3.8, 4) is 0 Å². The number of nitrogens with one attached hydrogen (secondary N) is 2. The van der Waals surface area contributed by atoms with Crippen molar-refractivity contribution in [2.75, 3.05) is 40.9 Å². The Morgan fingerprint density at radius 3 is 2.64 bits per heavy atom. The number of rotatable bonds is 6. The Bertz CT molecular complexity index is 1270. The van der Waals surface area contributed by atoms with Crippen molar-refractivity contribution in [1.29, 1.82) is 0 Å². The molecule has 2 heterocycles. The van der Waals surface area contributed by atoms with Crippen LogP contribution < -0.4 is 15.5 Å². The number of halogens is 3. The van der Waals surface area contributed by atoms with Crippen LogP contribution in [0.4, 0.5) is 26.4 Å². The van der Waals surface area contributed by atoms with Crippen molar-refractivity contribution in [3.05, 3.63) is 70.6 Å².